The number of unbranched alkanes of at least 4 members (excludes halogenated alkanes) is 24. The summed E-state index contributed by atoms with van der Waals surface area (Å²) in [6.45, 7) is 8.32. The van der Waals surface area contributed by atoms with Gasteiger partial charge in [0, 0.05) is 12.8 Å². The molecule has 0 aliphatic heterocycles. The molecule has 0 spiro atoms. The van der Waals surface area contributed by atoms with Crippen molar-refractivity contribution in [1.82, 2.24) is 4.90 Å². The Balaban J connectivity index is 4.42. The van der Waals surface area contributed by atoms with E-state index in [0.29, 0.717) is 25.4 Å². The number of carbonyl (C=O) groups excluding carboxylic acids is 2. The predicted molar refractivity (Wildman–Crippen MR) is 226 cm³/mol. The Morgan fingerprint density at radius 2 is 0.788 bits per heavy atom. The fourth-order valence-electron chi connectivity index (χ4n) is 7.53. The lowest BCUT2D eigenvalue weighted by atomic mass is 9.91. The number of nitrogens with zero attached hydrogens (tertiary/aromatic N) is 1. The van der Waals surface area contributed by atoms with E-state index in [1.807, 2.05) is 14.1 Å². The largest absolute Gasteiger partial charge is 0.466 e. The number of carbonyl (C=O) groups is 2. The summed E-state index contributed by atoms with van der Waals surface area (Å²) in [5, 5.41) is 0. The van der Waals surface area contributed by atoms with Crippen LogP contribution < -0.4 is 0 Å². The topological polar surface area (TPSA) is 55.8 Å². The first kappa shape index (κ1) is 50.9. The maximum atomic E-state index is 12.6. The van der Waals surface area contributed by atoms with Crippen LogP contribution in [0.15, 0.2) is 0 Å². The fourth-order valence-corrected chi connectivity index (χ4v) is 7.53. The summed E-state index contributed by atoms with van der Waals surface area (Å²) in [4.78, 5) is 27.2. The molecule has 1 unspecified atom stereocenters. The molecule has 0 heterocycles. The molecular formula is C47H93NO4. The molecule has 0 fully saturated rings. The smallest absolute Gasteiger partial charge is 0.306 e. The van der Waals surface area contributed by atoms with Crippen LogP contribution in [-0.4, -0.2) is 50.2 Å². The zero-order valence-electron chi connectivity index (χ0n) is 36.1. The Morgan fingerprint density at radius 1 is 0.423 bits per heavy atom. The monoisotopic (exact) mass is 736 g/mol. The summed E-state index contributed by atoms with van der Waals surface area (Å²) in [5.74, 6) is 0.612. The van der Waals surface area contributed by atoms with Gasteiger partial charge in [-0.3, -0.25) is 9.59 Å². The third-order valence-electron chi connectivity index (χ3n) is 11.0. The van der Waals surface area contributed by atoms with Crippen molar-refractivity contribution in [2.45, 2.75) is 258 Å². The van der Waals surface area contributed by atoms with Gasteiger partial charge in [-0.2, -0.15) is 0 Å². The molecule has 0 rings (SSSR count). The summed E-state index contributed by atoms with van der Waals surface area (Å²) in [5.41, 5.74) is 0. The van der Waals surface area contributed by atoms with E-state index in [-0.39, 0.29) is 18.0 Å². The van der Waals surface area contributed by atoms with Crippen molar-refractivity contribution in [2.75, 3.05) is 27.2 Å². The minimum absolute atomic E-state index is 0.0171. The average Bonchev–Trinajstić information content (AvgIpc) is 3.12. The highest BCUT2D eigenvalue weighted by molar-refractivity contribution is 5.69. The molecule has 0 N–H and O–H groups in total. The van der Waals surface area contributed by atoms with Gasteiger partial charge in [-0.05, 0) is 71.5 Å². The first-order valence-corrected chi connectivity index (χ1v) is 23.4. The van der Waals surface area contributed by atoms with E-state index in [9.17, 15) is 9.59 Å². The second kappa shape index (κ2) is 41.1. The lowest BCUT2D eigenvalue weighted by Gasteiger charge is -2.18. The summed E-state index contributed by atoms with van der Waals surface area (Å²) in [6, 6.07) is 0. The van der Waals surface area contributed by atoms with E-state index in [1.165, 1.54) is 167 Å². The van der Waals surface area contributed by atoms with Crippen molar-refractivity contribution in [3.05, 3.63) is 0 Å². The second-order valence-corrected chi connectivity index (χ2v) is 16.6. The van der Waals surface area contributed by atoms with Crippen LogP contribution in [0.25, 0.3) is 0 Å². The van der Waals surface area contributed by atoms with Crippen LogP contribution in [-0.2, 0) is 19.1 Å². The Morgan fingerprint density at radius 3 is 1.21 bits per heavy atom. The van der Waals surface area contributed by atoms with Gasteiger partial charge in [0.1, 0.15) is 6.10 Å². The maximum Gasteiger partial charge on any atom is 0.306 e. The van der Waals surface area contributed by atoms with Crippen LogP contribution >= 0.6 is 0 Å². The van der Waals surface area contributed by atoms with Crippen molar-refractivity contribution in [1.29, 1.82) is 0 Å². The quantitative estimate of drug-likeness (QED) is 0.0461. The van der Waals surface area contributed by atoms with Crippen LogP contribution in [0.2, 0.25) is 0 Å². The highest BCUT2D eigenvalue weighted by Gasteiger charge is 2.15. The van der Waals surface area contributed by atoms with Crippen molar-refractivity contribution in [2.24, 2.45) is 5.92 Å². The zero-order chi connectivity index (χ0) is 38.2. The average molecular weight is 736 g/mol. The third kappa shape index (κ3) is 38.6. The predicted octanol–water partition coefficient (Wildman–Crippen LogP) is 14.7. The van der Waals surface area contributed by atoms with Gasteiger partial charge in [-0.1, -0.05) is 194 Å². The Kier molecular flexibility index (Phi) is 40.2. The Hall–Kier alpha value is -1.10. The van der Waals surface area contributed by atoms with Gasteiger partial charge in [0.25, 0.3) is 0 Å². The van der Waals surface area contributed by atoms with E-state index < -0.39 is 0 Å². The van der Waals surface area contributed by atoms with Crippen molar-refractivity contribution >= 4 is 11.9 Å². The molecule has 0 saturated carbocycles. The first-order chi connectivity index (χ1) is 25.4. The molecule has 0 aromatic carbocycles. The van der Waals surface area contributed by atoms with E-state index in [4.69, 9.17) is 9.47 Å². The molecule has 0 aliphatic rings. The second-order valence-electron chi connectivity index (χ2n) is 16.6. The minimum Gasteiger partial charge on any atom is -0.466 e. The van der Waals surface area contributed by atoms with E-state index in [0.717, 1.165) is 57.9 Å². The molecule has 0 saturated heterocycles. The van der Waals surface area contributed by atoms with Crippen molar-refractivity contribution in [3.63, 3.8) is 0 Å². The first-order valence-electron chi connectivity index (χ1n) is 23.4. The SMILES string of the molecule is CCCCCCCCCCCCC(CCCCCCCCCCCC)CCOC(=O)CCCCCC(CCCCCCC)OC(=O)CCCN(C)C. The Labute approximate surface area is 326 Å². The van der Waals surface area contributed by atoms with E-state index >= 15 is 0 Å². The van der Waals surface area contributed by atoms with Crippen molar-refractivity contribution in [3.8, 4) is 0 Å². The van der Waals surface area contributed by atoms with Crippen LogP contribution in [0.1, 0.15) is 252 Å². The molecule has 310 valence electrons. The molecule has 5 heteroatoms. The summed E-state index contributed by atoms with van der Waals surface area (Å²) < 4.78 is 11.7. The molecule has 0 aromatic rings. The minimum atomic E-state index is -0.0522. The summed E-state index contributed by atoms with van der Waals surface area (Å²) in [6.07, 6.45) is 44.0. The van der Waals surface area contributed by atoms with Gasteiger partial charge in [0.15, 0.2) is 0 Å². The van der Waals surface area contributed by atoms with E-state index in [1.54, 1.807) is 0 Å². The molecule has 5 nitrogen and oxygen atoms in total. The zero-order valence-corrected chi connectivity index (χ0v) is 36.1. The van der Waals surface area contributed by atoms with Gasteiger partial charge in [-0.25, -0.2) is 0 Å². The van der Waals surface area contributed by atoms with Gasteiger partial charge in [0.2, 0.25) is 0 Å². The number of esters is 2. The molecule has 52 heavy (non-hydrogen) atoms. The van der Waals surface area contributed by atoms with Crippen LogP contribution in [0.3, 0.4) is 0 Å². The number of rotatable bonds is 42. The fraction of sp³-hybridized carbons (Fsp3) is 0.957. The standard InChI is InChI=1S/C47H93NO4/c1-6-9-12-15-17-19-21-23-26-29-35-44(36-30-27-24-22-20-18-16-13-10-7-2)41-43-51-46(49)39-33-28-32-38-45(37-31-25-14-11-8-3)52-47(50)40-34-42-48(4)5/h44-45H,6-43H2,1-5H3. The van der Waals surface area contributed by atoms with Gasteiger partial charge >= 0.3 is 11.9 Å². The van der Waals surface area contributed by atoms with Crippen LogP contribution in [0.5, 0.6) is 0 Å². The van der Waals surface area contributed by atoms with Crippen molar-refractivity contribution < 1.29 is 19.1 Å². The molecule has 0 aromatic heterocycles. The third-order valence-corrected chi connectivity index (χ3v) is 11.0. The number of hydrogen-bond donors (Lipinski definition) is 0. The molecule has 0 amide bonds. The molecule has 0 bridgehead atoms. The van der Waals surface area contributed by atoms with Crippen LogP contribution in [0, 0.1) is 5.92 Å². The van der Waals surface area contributed by atoms with Gasteiger partial charge < -0.3 is 14.4 Å². The van der Waals surface area contributed by atoms with Gasteiger partial charge in [-0.15, -0.1) is 0 Å². The maximum absolute atomic E-state index is 12.6. The van der Waals surface area contributed by atoms with Crippen LogP contribution in [0.4, 0.5) is 0 Å². The Bertz CT molecular complexity index is 717. The highest BCUT2D eigenvalue weighted by atomic mass is 16.5. The molecule has 1 atom stereocenters. The summed E-state index contributed by atoms with van der Waals surface area (Å²) >= 11 is 0. The lowest BCUT2D eigenvalue weighted by Crippen LogP contribution is -2.20. The van der Waals surface area contributed by atoms with E-state index in [2.05, 4.69) is 25.7 Å². The highest BCUT2D eigenvalue weighted by Crippen LogP contribution is 2.23. The number of hydrogen-bond acceptors (Lipinski definition) is 5. The lowest BCUT2D eigenvalue weighted by molar-refractivity contribution is -0.150. The molecule has 0 radical (unpaired) electrons. The molecule has 0 aliphatic carbocycles. The van der Waals surface area contributed by atoms with Gasteiger partial charge in [0.05, 0.1) is 6.61 Å². The number of ether oxygens (including phenoxy) is 2. The molecular weight excluding hydrogens is 643 g/mol. The normalized spacial score (nSPS) is 12.2. The summed E-state index contributed by atoms with van der Waals surface area (Å²) in [7, 11) is 4.08.